The second-order valence-corrected chi connectivity index (χ2v) is 8.05. The molecular formula is C18H23N3O2S. The summed E-state index contributed by atoms with van der Waals surface area (Å²) in [5, 5.41) is 0.510. The zero-order chi connectivity index (χ0) is 16.7. The molecule has 1 amide bonds. The number of anilines is 1. The fraction of sp³-hybridized carbons (Fsp3) is 0.556. The molecule has 6 heteroatoms. The average Bonchev–Trinajstić information content (AvgIpc) is 3.16. The van der Waals surface area contributed by atoms with Crippen LogP contribution in [0.25, 0.3) is 10.2 Å². The first-order chi connectivity index (χ1) is 11.6. The minimum absolute atomic E-state index is 0.102. The Kier molecular flexibility index (Phi) is 3.96. The van der Waals surface area contributed by atoms with Crippen LogP contribution in [-0.2, 0) is 4.74 Å². The number of methoxy groups -OCH3 is 1. The van der Waals surface area contributed by atoms with Gasteiger partial charge in [0.15, 0.2) is 5.13 Å². The fourth-order valence-electron chi connectivity index (χ4n) is 4.58. The third-order valence-corrected chi connectivity index (χ3v) is 6.60. The van der Waals surface area contributed by atoms with Crippen LogP contribution in [0.4, 0.5) is 5.13 Å². The predicted molar refractivity (Wildman–Crippen MR) is 96.3 cm³/mol. The van der Waals surface area contributed by atoms with Gasteiger partial charge >= 0.3 is 0 Å². The highest BCUT2D eigenvalue weighted by Gasteiger charge is 2.46. The van der Waals surface area contributed by atoms with Gasteiger partial charge in [0.1, 0.15) is 0 Å². The van der Waals surface area contributed by atoms with E-state index in [1.54, 1.807) is 7.11 Å². The first-order valence-corrected chi connectivity index (χ1v) is 9.42. The predicted octanol–water partition coefficient (Wildman–Crippen LogP) is 3.30. The lowest BCUT2D eigenvalue weighted by atomic mass is 9.76. The maximum absolute atomic E-state index is 13.2. The maximum Gasteiger partial charge on any atom is 0.255 e. The Hall–Kier alpha value is -1.66. The molecule has 0 unspecified atom stereocenters. The highest BCUT2D eigenvalue weighted by Crippen LogP contribution is 2.46. The number of rotatable bonds is 2. The number of fused-ring (bicyclic) bond motifs is 1. The van der Waals surface area contributed by atoms with E-state index in [9.17, 15) is 4.79 Å². The van der Waals surface area contributed by atoms with Gasteiger partial charge in [0.2, 0.25) is 0 Å². The smallest absolute Gasteiger partial charge is 0.255 e. The van der Waals surface area contributed by atoms with Crippen molar-refractivity contribution in [2.24, 2.45) is 5.41 Å². The van der Waals surface area contributed by atoms with Crippen molar-refractivity contribution in [2.45, 2.75) is 38.2 Å². The number of amides is 1. The molecule has 1 saturated heterocycles. The molecule has 128 valence electrons. The molecule has 1 aromatic heterocycles. The van der Waals surface area contributed by atoms with Crippen molar-refractivity contribution in [1.82, 2.24) is 9.88 Å². The zero-order valence-corrected chi connectivity index (χ0v) is 14.8. The van der Waals surface area contributed by atoms with E-state index in [4.69, 9.17) is 10.5 Å². The largest absolute Gasteiger partial charge is 0.381 e. The van der Waals surface area contributed by atoms with Crippen molar-refractivity contribution in [2.75, 3.05) is 25.9 Å². The summed E-state index contributed by atoms with van der Waals surface area (Å²) in [6, 6.07) is 5.70. The highest BCUT2D eigenvalue weighted by molar-refractivity contribution is 7.22. The molecule has 2 aliphatic rings. The van der Waals surface area contributed by atoms with Gasteiger partial charge in [0.05, 0.1) is 21.9 Å². The minimum atomic E-state index is 0.102. The summed E-state index contributed by atoms with van der Waals surface area (Å²) in [5.74, 6) is 0.102. The van der Waals surface area contributed by atoms with E-state index in [1.807, 2.05) is 23.1 Å². The van der Waals surface area contributed by atoms with Gasteiger partial charge in [-0.3, -0.25) is 4.79 Å². The molecule has 2 fully saturated rings. The Morgan fingerprint density at radius 2 is 2.25 bits per heavy atom. The van der Waals surface area contributed by atoms with Crippen LogP contribution < -0.4 is 5.73 Å². The number of carbonyl (C=O) groups excluding carboxylic acids is 1. The third-order valence-electron chi connectivity index (χ3n) is 5.67. The summed E-state index contributed by atoms with van der Waals surface area (Å²) in [6.45, 7) is 1.62. The molecule has 0 bridgehead atoms. The highest BCUT2D eigenvalue weighted by atomic mass is 32.1. The SMILES string of the molecule is CO[C@@H]1CCC[C@@]12CCCN(C(=O)c1cccc3nc(N)sc13)C2. The van der Waals surface area contributed by atoms with Gasteiger partial charge in [-0.05, 0) is 37.8 Å². The minimum Gasteiger partial charge on any atom is -0.381 e. The maximum atomic E-state index is 13.2. The van der Waals surface area contributed by atoms with Crippen LogP contribution in [0.3, 0.4) is 0 Å². The van der Waals surface area contributed by atoms with Gasteiger partial charge in [0, 0.05) is 25.6 Å². The molecule has 2 heterocycles. The number of aromatic nitrogens is 1. The molecule has 4 rings (SSSR count). The van der Waals surface area contributed by atoms with E-state index in [0.29, 0.717) is 5.13 Å². The number of thiazole rings is 1. The van der Waals surface area contributed by atoms with Crippen LogP contribution in [0, 0.1) is 5.41 Å². The first-order valence-electron chi connectivity index (χ1n) is 8.60. The van der Waals surface area contributed by atoms with Gasteiger partial charge in [-0.2, -0.15) is 0 Å². The summed E-state index contributed by atoms with van der Waals surface area (Å²) >= 11 is 1.39. The monoisotopic (exact) mass is 345 g/mol. The lowest BCUT2D eigenvalue weighted by Gasteiger charge is -2.43. The molecule has 1 aromatic carbocycles. The molecule has 1 aliphatic carbocycles. The molecule has 2 aromatic rings. The number of hydrogen-bond acceptors (Lipinski definition) is 5. The Labute approximate surface area is 145 Å². The number of benzene rings is 1. The summed E-state index contributed by atoms with van der Waals surface area (Å²) in [5.41, 5.74) is 7.52. The van der Waals surface area contributed by atoms with Crippen molar-refractivity contribution >= 4 is 32.6 Å². The van der Waals surface area contributed by atoms with Gasteiger partial charge < -0.3 is 15.4 Å². The standard InChI is InChI=1S/C18H23N3O2S/c1-23-14-7-3-8-18(14)9-4-10-21(11-18)16(22)12-5-2-6-13-15(12)24-17(19)20-13/h2,5-6,14H,3-4,7-11H2,1H3,(H2,19,20)/t14-,18+/m1/s1. The Bertz CT molecular complexity index is 775. The molecule has 0 radical (unpaired) electrons. The number of nitrogens with zero attached hydrogens (tertiary/aromatic N) is 2. The van der Waals surface area contributed by atoms with E-state index in [2.05, 4.69) is 4.98 Å². The van der Waals surface area contributed by atoms with Gasteiger partial charge in [-0.25, -0.2) is 4.98 Å². The van der Waals surface area contributed by atoms with E-state index >= 15 is 0 Å². The second kappa shape index (κ2) is 6.01. The van der Waals surface area contributed by atoms with E-state index < -0.39 is 0 Å². The molecule has 1 aliphatic heterocycles. The number of carbonyl (C=O) groups is 1. The lowest BCUT2D eigenvalue weighted by Crippen LogP contribution is -2.49. The Balaban J connectivity index is 1.64. The number of ether oxygens (including phenoxy) is 1. The second-order valence-electron chi connectivity index (χ2n) is 7.02. The summed E-state index contributed by atoms with van der Waals surface area (Å²) in [7, 11) is 1.80. The first kappa shape index (κ1) is 15.8. The van der Waals surface area contributed by atoms with Crippen LogP contribution >= 0.6 is 11.3 Å². The van der Waals surface area contributed by atoms with Crippen LogP contribution in [0.1, 0.15) is 42.5 Å². The van der Waals surface area contributed by atoms with Crippen LogP contribution in [-0.4, -0.2) is 42.1 Å². The van der Waals surface area contributed by atoms with Crippen molar-refractivity contribution in [1.29, 1.82) is 0 Å². The molecular weight excluding hydrogens is 322 g/mol. The topological polar surface area (TPSA) is 68.5 Å². The molecule has 2 N–H and O–H groups in total. The number of hydrogen-bond donors (Lipinski definition) is 1. The molecule has 5 nitrogen and oxygen atoms in total. The molecule has 24 heavy (non-hydrogen) atoms. The van der Waals surface area contributed by atoms with E-state index in [1.165, 1.54) is 17.8 Å². The number of piperidine rings is 1. The molecule has 1 spiro atoms. The Morgan fingerprint density at radius 1 is 1.42 bits per heavy atom. The summed E-state index contributed by atoms with van der Waals surface area (Å²) in [6.07, 6.45) is 5.95. The normalized spacial score (nSPS) is 27.2. The molecule has 2 atom stereocenters. The van der Waals surface area contributed by atoms with Gasteiger partial charge in [0.25, 0.3) is 5.91 Å². The van der Waals surface area contributed by atoms with Crippen molar-refractivity contribution in [3.8, 4) is 0 Å². The van der Waals surface area contributed by atoms with Crippen molar-refractivity contribution < 1.29 is 9.53 Å². The summed E-state index contributed by atoms with van der Waals surface area (Å²) < 4.78 is 6.65. The fourth-order valence-corrected chi connectivity index (χ4v) is 5.42. The van der Waals surface area contributed by atoms with Crippen molar-refractivity contribution in [3.63, 3.8) is 0 Å². The number of nitrogen functional groups attached to an aromatic ring is 1. The van der Waals surface area contributed by atoms with Crippen LogP contribution in [0.2, 0.25) is 0 Å². The van der Waals surface area contributed by atoms with E-state index in [-0.39, 0.29) is 17.4 Å². The van der Waals surface area contributed by atoms with Gasteiger partial charge in [-0.15, -0.1) is 0 Å². The Morgan fingerprint density at radius 3 is 3.08 bits per heavy atom. The molecule has 1 saturated carbocycles. The summed E-state index contributed by atoms with van der Waals surface area (Å²) in [4.78, 5) is 19.5. The quantitative estimate of drug-likeness (QED) is 0.907. The zero-order valence-electron chi connectivity index (χ0n) is 14.0. The van der Waals surface area contributed by atoms with Crippen LogP contribution in [0.15, 0.2) is 18.2 Å². The lowest BCUT2D eigenvalue weighted by molar-refractivity contribution is -0.0295. The van der Waals surface area contributed by atoms with E-state index in [0.717, 1.165) is 54.6 Å². The van der Waals surface area contributed by atoms with Crippen molar-refractivity contribution in [3.05, 3.63) is 23.8 Å². The number of likely N-dealkylation sites (tertiary alicyclic amines) is 1. The third kappa shape index (κ3) is 2.48. The van der Waals surface area contributed by atoms with Crippen LogP contribution in [0.5, 0.6) is 0 Å². The van der Waals surface area contributed by atoms with Gasteiger partial charge in [-0.1, -0.05) is 23.8 Å². The number of nitrogens with two attached hydrogens (primary N) is 1. The average molecular weight is 345 g/mol.